The van der Waals surface area contributed by atoms with Gasteiger partial charge in [0.25, 0.3) is 0 Å². The molecule has 21 heavy (non-hydrogen) atoms. The van der Waals surface area contributed by atoms with Gasteiger partial charge in [0.15, 0.2) is 0 Å². The highest BCUT2D eigenvalue weighted by atomic mass is 16.3. The summed E-state index contributed by atoms with van der Waals surface area (Å²) in [4.78, 5) is 0. The highest BCUT2D eigenvalue weighted by Gasteiger charge is 2.63. The zero-order valence-corrected chi connectivity index (χ0v) is 14.0. The standard InChI is InChI=1S/C20H32O/c1-14-11-20-10-7-16-18(2,13-21)8-4-9-19(16,3)17(20)6-5-15(14)12-20/h15-17,21H,1,4-13H2,2-3H3/t15-,16+,17-,18?,19+,20+/m0/s1. The molecule has 0 saturated heterocycles. The van der Waals surface area contributed by atoms with Crippen LogP contribution < -0.4 is 0 Å². The number of hydrogen-bond donors (Lipinski definition) is 1. The highest BCUT2D eigenvalue weighted by molar-refractivity contribution is 5.22. The van der Waals surface area contributed by atoms with Crippen molar-refractivity contribution < 1.29 is 5.11 Å². The lowest BCUT2D eigenvalue weighted by Crippen LogP contribution is -2.57. The summed E-state index contributed by atoms with van der Waals surface area (Å²) >= 11 is 0. The Morgan fingerprint density at radius 2 is 1.90 bits per heavy atom. The first kappa shape index (κ1) is 14.3. The molecule has 1 unspecified atom stereocenters. The first-order valence-electron chi connectivity index (χ1n) is 9.22. The SMILES string of the molecule is C=C1C[C@@]23CC[C@@H]4C(C)(CO)CCC[C@@]4(C)[C@@H]2CC[C@H]1C3. The maximum atomic E-state index is 10.1. The third-order valence-corrected chi connectivity index (χ3v) is 8.54. The summed E-state index contributed by atoms with van der Waals surface area (Å²) in [5, 5.41) is 10.1. The van der Waals surface area contributed by atoms with E-state index >= 15 is 0 Å². The number of aliphatic hydroxyl groups excluding tert-OH is 1. The molecule has 6 atom stereocenters. The van der Waals surface area contributed by atoms with E-state index in [0.29, 0.717) is 17.4 Å². The molecule has 4 aliphatic carbocycles. The molecule has 4 rings (SSSR count). The second-order valence-electron chi connectivity index (χ2n) is 9.49. The van der Waals surface area contributed by atoms with Crippen LogP contribution in [0.5, 0.6) is 0 Å². The fourth-order valence-electron chi connectivity index (χ4n) is 7.68. The average molecular weight is 288 g/mol. The van der Waals surface area contributed by atoms with Crippen LogP contribution in [0.25, 0.3) is 0 Å². The minimum atomic E-state index is 0.182. The number of allylic oxidation sites excluding steroid dienone is 1. The summed E-state index contributed by atoms with van der Waals surface area (Å²) < 4.78 is 0. The second kappa shape index (κ2) is 4.37. The molecule has 0 aliphatic heterocycles. The summed E-state index contributed by atoms with van der Waals surface area (Å²) in [6, 6.07) is 0. The summed E-state index contributed by atoms with van der Waals surface area (Å²) in [5.41, 5.74) is 2.82. The van der Waals surface area contributed by atoms with Crippen molar-refractivity contribution in [3.05, 3.63) is 12.2 Å². The van der Waals surface area contributed by atoms with Gasteiger partial charge in [-0.2, -0.15) is 0 Å². The van der Waals surface area contributed by atoms with E-state index < -0.39 is 0 Å². The molecule has 4 saturated carbocycles. The van der Waals surface area contributed by atoms with Gasteiger partial charge in [0.1, 0.15) is 0 Å². The Morgan fingerprint density at radius 1 is 1.10 bits per heavy atom. The van der Waals surface area contributed by atoms with Crippen LogP contribution in [-0.2, 0) is 0 Å². The highest BCUT2D eigenvalue weighted by Crippen LogP contribution is 2.72. The lowest BCUT2D eigenvalue weighted by atomic mass is 9.41. The largest absolute Gasteiger partial charge is 0.396 e. The molecule has 0 aromatic heterocycles. The summed E-state index contributed by atoms with van der Waals surface area (Å²) in [6.45, 7) is 9.77. The molecular weight excluding hydrogens is 256 g/mol. The Kier molecular flexibility index (Phi) is 2.98. The van der Waals surface area contributed by atoms with Crippen LogP contribution in [0.15, 0.2) is 12.2 Å². The Balaban J connectivity index is 1.73. The van der Waals surface area contributed by atoms with Crippen molar-refractivity contribution in [2.45, 2.75) is 71.6 Å². The molecule has 0 aromatic carbocycles. The van der Waals surface area contributed by atoms with Gasteiger partial charge in [-0.3, -0.25) is 0 Å². The number of aliphatic hydroxyl groups is 1. The van der Waals surface area contributed by atoms with Crippen LogP contribution in [0, 0.1) is 34.0 Å². The van der Waals surface area contributed by atoms with Crippen molar-refractivity contribution in [1.29, 1.82) is 0 Å². The van der Waals surface area contributed by atoms with Gasteiger partial charge in [0, 0.05) is 6.61 Å². The zero-order valence-electron chi connectivity index (χ0n) is 14.0. The number of hydrogen-bond acceptors (Lipinski definition) is 1. The van der Waals surface area contributed by atoms with Gasteiger partial charge in [0.2, 0.25) is 0 Å². The van der Waals surface area contributed by atoms with Crippen LogP contribution >= 0.6 is 0 Å². The van der Waals surface area contributed by atoms with Crippen molar-refractivity contribution in [2.75, 3.05) is 6.61 Å². The van der Waals surface area contributed by atoms with E-state index in [9.17, 15) is 5.11 Å². The third kappa shape index (κ3) is 1.73. The van der Waals surface area contributed by atoms with Gasteiger partial charge in [-0.05, 0) is 85.4 Å². The fourth-order valence-corrected chi connectivity index (χ4v) is 7.68. The fraction of sp³-hybridized carbons (Fsp3) is 0.900. The Hall–Kier alpha value is -0.300. The van der Waals surface area contributed by atoms with E-state index in [0.717, 1.165) is 17.8 Å². The van der Waals surface area contributed by atoms with Gasteiger partial charge >= 0.3 is 0 Å². The molecule has 0 amide bonds. The second-order valence-corrected chi connectivity index (χ2v) is 9.49. The van der Waals surface area contributed by atoms with Gasteiger partial charge in [-0.25, -0.2) is 0 Å². The van der Waals surface area contributed by atoms with Crippen molar-refractivity contribution in [3.8, 4) is 0 Å². The van der Waals surface area contributed by atoms with Crippen LogP contribution in [0.1, 0.15) is 71.6 Å². The lowest BCUT2D eigenvalue weighted by molar-refractivity contribution is -0.158. The molecule has 1 heteroatoms. The first-order chi connectivity index (χ1) is 9.94. The lowest BCUT2D eigenvalue weighted by Gasteiger charge is -2.64. The third-order valence-electron chi connectivity index (χ3n) is 8.54. The molecule has 1 nitrogen and oxygen atoms in total. The predicted octanol–water partition coefficient (Wildman–Crippen LogP) is 4.95. The predicted molar refractivity (Wildman–Crippen MR) is 86.9 cm³/mol. The van der Waals surface area contributed by atoms with Crippen LogP contribution in [0.2, 0.25) is 0 Å². The minimum Gasteiger partial charge on any atom is -0.396 e. The van der Waals surface area contributed by atoms with Crippen LogP contribution in [0.4, 0.5) is 0 Å². The maximum absolute atomic E-state index is 10.1. The Morgan fingerprint density at radius 3 is 2.67 bits per heavy atom. The topological polar surface area (TPSA) is 20.2 Å². The van der Waals surface area contributed by atoms with Gasteiger partial charge in [0.05, 0.1) is 0 Å². The van der Waals surface area contributed by atoms with Crippen LogP contribution in [0.3, 0.4) is 0 Å². The van der Waals surface area contributed by atoms with Crippen LogP contribution in [-0.4, -0.2) is 11.7 Å². The molecule has 0 aromatic rings. The summed E-state index contributed by atoms with van der Waals surface area (Å²) in [5.74, 6) is 2.48. The van der Waals surface area contributed by atoms with E-state index in [1.54, 1.807) is 5.57 Å². The molecule has 0 heterocycles. The summed E-state index contributed by atoms with van der Waals surface area (Å²) in [6.07, 6.45) is 12.3. The molecule has 118 valence electrons. The number of fused-ring (bicyclic) bond motifs is 3. The molecule has 1 spiro atoms. The quantitative estimate of drug-likeness (QED) is 0.677. The monoisotopic (exact) mass is 288 g/mol. The average Bonchev–Trinajstić information content (AvgIpc) is 2.68. The van der Waals surface area contributed by atoms with Crippen molar-refractivity contribution in [1.82, 2.24) is 0 Å². The van der Waals surface area contributed by atoms with E-state index in [1.165, 1.54) is 57.8 Å². The molecule has 2 bridgehead atoms. The Bertz CT molecular complexity index is 468. The number of rotatable bonds is 1. The van der Waals surface area contributed by atoms with Gasteiger partial charge in [-0.1, -0.05) is 32.4 Å². The van der Waals surface area contributed by atoms with Crippen molar-refractivity contribution >= 4 is 0 Å². The summed E-state index contributed by atoms with van der Waals surface area (Å²) in [7, 11) is 0. The van der Waals surface area contributed by atoms with Crippen molar-refractivity contribution in [2.24, 2.45) is 34.0 Å². The Labute approximate surface area is 130 Å². The van der Waals surface area contributed by atoms with E-state index in [1.807, 2.05) is 0 Å². The van der Waals surface area contributed by atoms with E-state index in [4.69, 9.17) is 0 Å². The zero-order chi connectivity index (χ0) is 14.9. The van der Waals surface area contributed by atoms with Gasteiger partial charge in [-0.15, -0.1) is 0 Å². The van der Waals surface area contributed by atoms with E-state index in [-0.39, 0.29) is 5.41 Å². The normalized spacial score (nSPS) is 56.0. The van der Waals surface area contributed by atoms with Crippen molar-refractivity contribution in [3.63, 3.8) is 0 Å². The smallest absolute Gasteiger partial charge is 0.0487 e. The van der Waals surface area contributed by atoms with Gasteiger partial charge < -0.3 is 5.11 Å². The van der Waals surface area contributed by atoms with E-state index in [2.05, 4.69) is 20.4 Å². The first-order valence-corrected chi connectivity index (χ1v) is 9.22. The maximum Gasteiger partial charge on any atom is 0.0487 e. The molecule has 1 N–H and O–H groups in total. The molecule has 0 radical (unpaired) electrons. The molecule has 4 aliphatic rings. The molecule has 4 fully saturated rings. The minimum absolute atomic E-state index is 0.182. The molecular formula is C20H32O.